The predicted octanol–water partition coefficient (Wildman–Crippen LogP) is 3.00. The van der Waals surface area contributed by atoms with Gasteiger partial charge in [-0.05, 0) is 44.2 Å². The van der Waals surface area contributed by atoms with Gasteiger partial charge in [0, 0.05) is 31.1 Å². The van der Waals surface area contributed by atoms with Crippen LogP contribution in [0.25, 0.3) is 0 Å². The number of nitrogens with zero attached hydrogens (tertiary/aromatic N) is 1. The summed E-state index contributed by atoms with van der Waals surface area (Å²) in [5, 5.41) is 3.15. The highest BCUT2D eigenvalue weighted by atomic mass is 35.5. The van der Waals surface area contributed by atoms with E-state index < -0.39 is 0 Å². The Kier molecular flexibility index (Phi) is 10.5. The van der Waals surface area contributed by atoms with Gasteiger partial charge in [-0.2, -0.15) is 0 Å². The fraction of sp³-hybridized carbons (Fsp3) is 0.636. The molecule has 1 aliphatic rings. The quantitative estimate of drug-likeness (QED) is 0.636. The van der Waals surface area contributed by atoms with E-state index in [2.05, 4.69) is 19.2 Å². The zero-order chi connectivity index (χ0) is 20.6. The Bertz CT molecular complexity index is 633. The number of nitrogens with two attached hydrogens (primary N) is 1. The average Bonchev–Trinajstić information content (AvgIpc) is 2.68. The molecule has 2 rings (SSSR count). The molecule has 0 bridgehead atoms. The van der Waals surface area contributed by atoms with Crippen LogP contribution in [0.4, 0.5) is 0 Å². The SMILES string of the molecule is CC(C)CC(C)(CN)NC(=O)C1CCN(C(=O)CCOc2ccccc2)CC1.Cl. The molecule has 7 heteroatoms. The molecule has 164 valence electrons. The highest BCUT2D eigenvalue weighted by Gasteiger charge is 2.32. The minimum absolute atomic E-state index is 0. The van der Waals surface area contributed by atoms with E-state index in [4.69, 9.17) is 10.5 Å². The standard InChI is InChI=1S/C22H35N3O3.ClH/c1-17(2)15-22(3,16-23)24-21(27)18-9-12-25(13-10-18)20(26)11-14-28-19-7-5-4-6-8-19;/h4-8,17-18H,9-16,23H2,1-3H3,(H,24,27);1H. The second-order valence-corrected chi connectivity index (χ2v) is 8.42. The first-order chi connectivity index (χ1) is 13.3. The van der Waals surface area contributed by atoms with Crippen molar-refractivity contribution in [2.24, 2.45) is 17.6 Å². The Morgan fingerprint density at radius 2 is 1.86 bits per heavy atom. The molecule has 3 N–H and O–H groups in total. The number of halogens is 1. The highest BCUT2D eigenvalue weighted by molar-refractivity contribution is 5.85. The van der Waals surface area contributed by atoms with Gasteiger partial charge < -0.3 is 20.7 Å². The number of para-hydroxylation sites is 1. The summed E-state index contributed by atoms with van der Waals surface area (Å²) in [6, 6.07) is 9.50. The number of ether oxygens (including phenoxy) is 1. The number of hydrogen-bond acceptors (Lipinski definition) is 4. The smallest absolute Gasteiger partial charge is 0.225 e. The van der Waals surface area contributed by atoms with Gasteiger partial charge in [0.05, 0.1) is 13.0 Å². The van der Waals surface area contributed by atoms with E-state index in [9.17, 15) is 9.59 Å². The predicted molar refractivity (Wildman–Crippen MR) is 118 cm³/mol. The number of carbonyl (C=O) groups is 2. The van der Waals surface area contributed by atoms with Crippen LogP contribution in [0, 0.1) is 11.8 Å². The summed E-state index contributed by atoms with van der Waals surface area (Å²) in [5.41, 5.74) is 5.54. The van der Waals surface area contributed by atoms with E-state index in [1.807, 2.05) is 42.2 Å². The number of hydrogen-bond donors (Lipinski definition) is 2. The van der Waals surface area contributed by atoms with Crippen molar-refractivity contribution >= 4 is 24.2 Å². The van der Waals surface area contributed by atoms with E-state index in [0.29, 0.717) is 51.4 Å². The maximum Gasteiger partial charge on any atom is 0.225 e. The largest absolute Gasteiger partial charge is 0.493 e. The average molecular weight is 426 g/mol. The van der Waals surface area contributed by atoms with Gasteiger partial charge in [0.2, 0.25) is 11.8 Å². The second kappa shape index (κ2) is 12.0. The third kappa shape index (κ3) is 8.23. The number of carbonyl (C=O) groups excluding carboxylic acids is 2. The fourth-order valence-electron chi connectivity index (χ4n) is 3.81. The highest BCUT2D eigenvalue weighted by Crippen LogP contribution is 2.21. The minimum Gasteiger partial charge on any atom is -0.493 e. The third-order valence-electron chi connectivity index (χ3n) is 5.28. The molecule has 0 aromatic heterocycles. The Morgan fingerprint density at radius 1 is 1.24 bits per heavy atom. The third-order valence-corrected chi connectivity index (χ3v) is 5.28. The van der Waals surface area contributed by atoms with Crippen LogP contribution in [0.15, 0.2) is 30.3 Å². The number of nitrogens with one attached hydrogen (secondary N) is 1. The monoisotopic (exact) mass is 425 g/mol. The summed E-state index contributed by atoms with van der Waals surface area (Å²) >= 11 is 0. The van der Waals surface area contributed by atoms with Crippen molar-refractivity contribution < 1.29 is 14.3 Å². The molecule has 0 spiro atoms. The first kappa shape index (κ1) is 25.2. The molecule has 2 amide bonds. The molecular weight excluding hydrogens is 390 g/mol. The van der Waals surface area contributed by atoms with Crippen LogP contribution in [0.3, 0.4) is 0 Å². The molecule has 1 atom stereocenters. The van der Waals surface area contributed by atoms with Crippen molar-refractivity contribution in [2.75, 3.05) is 26.2 Å². The molecule has 1 fully saturated rings. The van der Waals surface area contributed by atoms with Crippen molar-refractivity contribution in [3.63, 3.8) is 0 Å². The molecule has 1 aromatic rings. The summed E-state index contributed by atoms with van der Waals surface area (Å²) in [4.78, 5) is 26.9. The summed E-state index contributed by atoms with van der Waals surface area (Å²) in [6.07, 6.45) is 2.60. The molecule has 0 radical (unpaired) electrons. The van der Waals surface area contributed by atoms with Crippen molar-refractivity contribution in [3.05, 3.63) is 30.3 Å². The van der Waals surface area contributed by atoms with Crippen molar-refractivity contribution in [3.8, 4) is 5.75 Å². The molecule has 0 aliphatic carbocycles. The van der Waals surface area contributed by atoms with E-state index in [1.165, 1.54) is 0 Å². The molecule has 6 nitrogen and oxygen atoms in total. The zero-order valence-electron chi connectivity index (χ0n) is 17.9. The lowest BCUT2D eigenvalue weighted by Gasteiger charge is -2.36. The first-order valence-electron chi connectivity index (χ1n) is 10.3. The van der Waals surface area contributed by atoms with Crippen LogP contribution in [-0.2, 0) is 9.59 Å². The number of likely N-dealkylation sites (tertiary alicyclic amines) is 1. The van der Waals surface area contributed by atoms with Gasteiger partial charge in [0.1, 0.15) is 5.75 Å². The van der Waals surface area contributed by atoms with Gasteiger partial charge in [-0.1, -0.05) is 32.0 Å². The maximum absolute atomic E-state index is 12.7. The first-order valence-corrected chi connectivity index (χ1v) is 10.3. The molecule has 1 unspecified atom stereocenters. The zero-order valence-corrected chi connectivity index (χ0v) is 18.7. The number of rotatable bonds is 9. The van der Waals surface area contributed by atoms with Gasteiger partial charge in [0.25, 0.3) is 0 Å². The Labute approximate surface area is 181 Å². The second-order valence-electron chi connectivity index (χ2n) is 8.42. The van der Waals surface area contributed by atoms with E-state index in [1.54, 1.807) is 0 Å². The van der Waals surface area contributed by atoms with E-state index in [0.717, 1.165) is 12.2 Å². The lowest BCUT2D eigenvalue weighted by molar-refractivity contribution is -0.136. The van der Waals surface area contributed by atoms with Gasteiger partial charge >= 0.3 is 0 Å². The van der Waals surface area contributed by atoms with Crippen LogP contribution in [0.2, 0.25) is 0 Å². The van der Waals surface area contributed by atoms with Crippen molar-refractivity contribution in [1.82, 2.24) is 10.2 Å². The van der Waals surface area contributed by atoms with Gasteiger partial charge in [0.15, 0.2) is 0 Å². The normalized spacial score (nSPS) is 16.7. The molecule has 1 saturated heterocycles. The Morgan fingerprint density at radius 3 is 2.41 bits per heavy atom. The summed E-state index contributed by atoms with van der Waals surface area (Å²) in [7, 11) is 0. The van der Waals surface area contributed by atoms with E-state index >= 15 is 0 Å². The van der Waals surface area contributed by atoms with Gasteiger partial charge in [-0.25, -0.2) is 0 Å². The molecule has 29 heavy (non-hydrogen) atoms. The lowest BCUT2D eigenvalue weighted by Crippen LogP contribution is -2.55. The Balaban J connectivity index is 0.00000420. The number of amides is 2. The van der Waals surface area contributed by atoms with E-state index in [-0.39, 0.29) is 35.7 Å². The molecule has 1 aromatic carbocycles. The van der Waals surface area contributed by atoms with Crippen LogP contribution < -0.4 is 15.8 Å². The summed E-state index contributed by atoms with van der Waals surface area (Å²) in [5.74, 6) is 1.33. The van der Waals surface area contributed by atoms with Gasteiger partial charge in [-0.15, -0.1) is 12.4 Å². The van der Waals surface area contributed by atoms with Crippen LogP contribution in [-0.4, -0.2) is 48.5 Å². The number of piperidine rings is 1. The minimum atomic E-state index is -0.368. The molecule has 1 heterocycles. The summed E-state index contributed by atoms with van der Waals surface area (Å²) in [6.45, 7) is 8.30. The maximum atomic E-state index is 12.7. The van der Waals surface area contributed by atoms with Crippen LogP contribution in [0.1, 0.15) is 46.5 Å². The van der Waals surface area contributed by atoms with Crippen molar-refractivity contribution in [1.29, 1.82) is 0 Å². The Hall–Kier alpha value is -1.79. The van der Waals surface area contributed by atoms with Crippen LogP contribution in [0.5, 0.6) is 5.75 Å². The van der Waals surface area contributed by atoms with Crippen LogP contribution >= 0.6 is 12.4 Å². The topological polar surface area (TPSA) is 84.7 Å². The summed E-state index contributed by atoms with van der Waals surface area (Å²) < 4.78 is 5.60. The molecule has 1 aliphatic heterocycles. The molecule has 0 saturated carbocycles. The fourth-order valence-corrected chi connectivity index (χ4v) is 3.81. The van der Waals surface area contributed by atoms with Gasteiger partial charge in [-0.3, -0.25) is 9.59 Å². The molecular formula is C22H36ClN3O3. The van der Waals surface area contributed by atoms with Crippen molar-refractivity contribution in [2.45, 2.75) is 52.0 Å². The lowest BCUT2D eigenvalue weighted by atomic mass is 9.88. The number of benzene rings is 1.